The summed E-state index contributed by atoms with van der Waals surface area (Å²) in [6, 6.07) is 0. The van der Waals surface area contributed by atoms with E-state index in [9.17, 15) is 4.79 Å². The molecule has 0 unspecified atom stereocenters. The number of carboxylic acid groups (broad SMARTS) is 1. The van der Waals surface area contributed by atoms with E-state index in [-0.39, 0.29) is 19.3 Å². The zero-order valence-corrected chi connectivity index (χ0v) is 11.0. The maximum Gasteiger partial charge on any atom is 0.305 e. The van der Waals surface area contributed by atoms with Crippen molar-refractivity contribution in [2.24, 2.45) is 0 Å². The SMILES string of the molecule is O=C(O)CCOCCOCCOCCC1OCCO1. The van der Waals surface area contributed by atoms with Crippen LogP contribution in [0.3, 0.4) is 0 Å². The van der Waals surface area contributed by atoms with E-state index in [1.165, 1.54) is 0 Å². The smallest absolute Gasteiger partial charge is 0.305 e. The molecule has 0 aliphatic carbocycles. The molecular weight excluding hydrogens is 256 g/mol. The highest BCUT2D eigenvalue weighted by Crippen LogP contribution is 2.07. The standard InChI is InChI=1S/C12H22O7/c13-11(14)1-3-15-5-7-17-8-6-16-4-2-12-18-9-10-19-12/h12H,1-10H2,(H,13,14). The Bertz CT molecular complexity index is 228. The minimum Gasteiger partial charge on any atom is -0.481 e. The molecule has 0 radical (unpaired) electrons. The van der Waals surface area contributed by atoms with Gasteiger partial charge in [0.1, 0.15) is 0 Å². The summed E-state index contributed by atoms with van der Waals surface area (Å²) in [5.41, 5.74) is 0. The number of ether oxygens (including phenoxy) is 5. The lowest BCUT2D eigenvalue weighted by atomic mass is 10.4. The normalized spacial score (nSPS) is 16.0. The van der Waals surface area contributed by atoms with Gasteiger partial charge in [-0.2, -0.15) is 0 Å². The highest BCUT2D eigenvalue weighted by molar-refractivity contribution is 5.66. The van der Waals surface area contributed by atoms with Crippen molar-refractivity contribution in [3.05, 3.63) is 0 Å². The molecule has 1 rings (SSSR count). The molecule has 1 fully saturated rings. The largest absolute Gasteiger partial charge is 0.481 e. The van der Waals surface area contributed by atoms with Gasteiger partial charge in [0.15, 0.2) is 6.29 Å². The molecule has 0 aromatic rings. The van der Waals surface area contributed by atoms with Crippen molar-refractivity contribution < 1.29 is 33.6 Å². The predicted molar refractivity (Wildman–Crippen MR) is 65.0 cm³/mol. The van der Waals surface area contributed by atoms with Crippen molar-refractivity contribution in [1.29, 1.82) is 0 Å². The van der Waals surface area contributed by atoms with Crippen molar-refractivity contribution in [2.75, 3.05) is 52.9 Å². The molecule has 0 bridgehead atoms. The van der Waals surface area contributed by atoms with Crippen LogP contribution in [-0.4, -0.2) is 70.2 Å². The van der Waals surface area contributed by atoms with Gasteiger partial charge >= 0.3 is 5.97 Å². The van der Waals surface area contributed by atoms with Gasteiger partial charge in [-0.1, -0.05) is 0 Å². The first-order valence-electron chi connectivity index (χ1n) is 6.47. The number of carbonyl (C=O) groups is 1. The Balaban J connectivity index is 1.70. The van der Waals surface area contributed by atoms with E-state index in [2.05, 4.69) is 0 Å². The van der Waals surface area contributed by atoms with Crippen LogP contribution in [0.5, 0.6) is 0 Å². The molecule has 7 heteroatoms. The van der Waals surface area contributed by atoms with Gasteiger partial charge in [0, 0.05) is 6.42 Å². The van der Waals surface area contributed by atoms with E-state index in [1.54, 1.807) is 0 Å². The second-order valence-electron chi connectivity index (χ2n) is 3.94. The Morgan fingerprint density at radius 2 is 1.47 bits per heavy atom. The molecule has 1 aliphatic heterocycles. The van der Waals surface area contributed by atoms with Gasteiger partial charge in [0.05, 0.1) is 59.3 Å². The van der Waals surface area contributed by atoms with Crippen molar-refractivity contribution >= 4 is 5.97 Å². The molecule has 0 saturated carbocycles. The molecular formula is C12H22O7. The van der Waals surface area contributed by atoms with Crippen LogP contribution in [0.4, 0.5) is 0 Å². The molecule has 1 aliphatic rings. The minimum atomic E-state index is -0.857. The summed E-state index contributed by atoms with van der Waals surface area (Å²) in [6.07, 6.45) is 0.635. The first-order valence-corrected chi connectivity index (χ1v) is 6.47. The Morgan fingerprint density at radius 3 is 2.05 bits per heavy atom. The summed E-state index contributed by atoms with van der Waals surface area (Å²) in [5, 5.41) is 8.37. The van der Waals surface area contributed by atoms with Crippen LogP contribution in [0.25, 0.3) is 0 Å². The summed E-state index contributed by atoms with van der Waals surface area (Å²) >= 11 is 0. The third-order valence-electron chi connectivity index (χ3n) is 2.39. The van der Waals surface area contributed by atoms with Crippen LogP contribution in [0.15, 0.2) is 0 Å². The first-order chi connectivity index (χ1) is 9.29. The topological polar surface area (TPSA) is 83.5 Å². The van der Waals surface area contributed by atoms with Crippen LogP contribution in [0, 0.1) is 0 Å². The van der Waals surface area contributed by atoms with E-state index < -0.39 is 5.97 Å². The van der Waals surface area contributed by atoms with Gasteiger partial charge in [-0.05, 0) is 0 Å². The molecule has 19 heavy (non-hydrogen) atoms. The van der Waals surface area contributed by atoms with Gasteiger partial charge in [0.25, 0.3) is 0 Å². The summed E-state index contributed by atoms with van der Waals surface area (Å²) in [5.74, 6) is -0.857. The van der Waals surface area contributed by atoms with Crippen molar-refractivity contribution in [3.63, 3.8) is 0 Å². The van der Waals surface area contributed by atoms with E-state index in [4.69, 9.17) is 28.8 Å². The average Bonchev–Trinajstić information content (AvgIpc) is 2.88. The monoisotopic (exact) mass is 278 g/mol. The van der Waals surface area contributed by atoms with Crippen LogP contribution in [0.2, 0.25) is 0 Å². The first kappa shape index (κ1) is 16.3. The number of aliphatic carboxylic acids is 1. The average molecular weight is 278 g/mol. The minimum absolute atomic E-state index is 0.0222. The summed E-state index contributed by atoms with van der Waals surface area (Å²) in [6.45, 7) is 3.98. The fraction of sp³-hybridized carbons (Fsp3) is 0.917. The molecule has 0 aromatic carbocycles. The second kappa shape index (κ2) is 11.1. The quantitative estimate of drug-likeness (QED) is 0.513. The Kier molecular flexibility index (Phi) is 9.56. The number of rotatable bonds is 12. The van der Waals surface area contributed by atoms with Gasteiger partial charge in [-0.3, -0.25) is 4.79 Å². The lowest BCUT2D eigenvalue weighted by Crippen LogP contribution is -2.14. The molecule has 0 atom stereocenters. The third kappa shape index (κ3) is 9.80. The molecule has 1 N–H and O–H groups in total. The third-order valence-corrected chi connectivity index (χ3v) is 2.39. The van der Waals surface area contributed by atoms with Crippen molar-refractivity contribution in [1.82, 2.24) is 0 Å². The molecule has 0 spiro atoms. The highest BCUT2D eigenvalue weighted by Gasteiger charge is 2.14. The zero-order chi connectivity index (χ0) is 13.8. The van der Waals surface area contributed by atoms with E-state index >= 15 is 0 Å². The summed E-state index contributed by atoms with van der Waals surface area (Å²) in [7, 11) is 0. The van der Waals surface area contributed by atoms with Gasteiger partial charge < -0.3 is 28.8 Å². The van der Waals surface area contributed by atoms with Gasteiger partial charge in [0.2, 0.25) is 0 Å². The van der Waals surface area contributed by atoms with Crippen LogP contribution in [0.1, 0.15) is 12.8 Å². The van der Waals surface area contributed by atoms with E-state index in [1.807, 2.05) is 0 Å². The molecule has 7 nitrogen and oxygen atoms in total. The molecule has 112 valence electrons. The Hall–Kier alpha value is -0.730. The number of hydrogen-bond donors (Lipinski definition) is 1. The fourth-order valence-corrected chi connectivity index (χ4v) is 1.45. The predicted octanol–water partition coefficient (Wildman–Crippen LogP) is 0.274. The maximum absolute atomic E-state index is 10.2. The Morgan fingerprint density at radius 1 is 0.947 bits per heavy atom. The highest BCUT2D eigenvalue weighted by atomic mass is 16.7. The lowest BCUT2D eigenvalue weighted by molar-refractivity contribution is -0.138. The fourth-order valence-electron chi connectivity index (χ4n) is 1.45. The van der Waals surface area contributed by atoms with Crippen LogP contribution in [-0.2, 0) is 28.5 Å². The summed E-state index contributed by atoms with van der Waals surface area (Å²) < 4.78 is 26.2. The molecule has 1 heterocycles. The second-order valence-corrected chi connectivity index (χ2v) is 3.94. The van der Waals surface area contributed by atoms with E-state index in [0.717, 1.165) is 6.42 Å². The van der Waals surface area contributed by atoms with Gasteiger partial charge in [-0.25, -0.2) is 0 Å². The zero-order valence-electron chi connectivity index (χ0n) is 11.0. The van der Waals surface area contributed by atoms with Gasteiger partial charge in [-0.15, -0.1) is 0 Å². The maximum atomic E-state index is 10.2. The number of hydrogen-bond acceptors (Lipinski definition) is 6. The van der Waals surface area contributed by atoms with Crippen LogP contribution < -0.4 is 0 Å². The molecule has 0 amide bonds. The van der Waals surface area contributed by atoms with Crippen molar-refractivity contribution in [2.45, 2.75) is 19.1 Å². The summed E-state index contributed by atoms with van der Waals surface area (Å²) in [4.78, 5) is 10.2. The van der Waals surface area contributed by atoms with E-state index in [0.29, 0.717) is 46.2 Å². The molecule has 0 aromatic heterocycles. The Labute approximate surface area is 112 Å². The number of carboxylic acids is 1. The van der Waals surface area contributed by atoms with Crippen molar-refractivity contribution in [3.8, 4) is 0 Å². The lowest BCUT2D eigenvalue weighted by Gasteiger charge is -2.09. The van der Waals surface area contributed by atoms with Crippen LogP contribution >= 0.6 is 0 Å². The molecule has 1 saturated heterocycles.